The number of halogens is 4. The van der Waals surface area contributed by atoms with Gasteiger partial charge in [-0.1, -0.05) is 50.7 Å². The third kappa shape index (κ3) is 3.69. The molecule has 0 atom stereocenters. The van der Waals surface area contributed by atoms with Gasteiger partial charge in [0.25, 0.3) is 0 Å². The second kappa shape index (κ2) is 6.23. The topological polar surface area (TPSA) is 32.3 Å². The molecule has 0 heterocycles. The van der Waals surface area contributed by atoms with Crippen LogP contribution in [-0.2, 0) is 6.54 Å². The van der Waals surface area contributed by atoms with Gasteiger partial charge in [-0.3, -0.25) is 0 Å². The van der Waals surface area contributed by atoms with Gasteiger partial charge >= 0.3 is 0 Å². The van der Waals surface area contributed by atoms with Crippen molar-refractivity contribution in [2.24, 2.45) is 0 Å². The molecule has 100 valence electrons. The number of hydrogen-bond acceptors (Lipinski definition) is 2. The molecule has 2 N–H and O–H groups in total. The Morgan fingerprint density at radius 1 is 1.05 bits per heavy atom. The molecule has 2 aromatic carbocycles. The minimum absolute atomic E-state index is 0.0182. The molecule has 0 unspecified atom stereocenters. The number of phenolic OH excluding ortho intramolecular Hbond substituents is 1. The predicted molar refractivity (Wildman–Crippen MR) is 84.6 cm³/mol. The molecule has 0 saturated heterocycles. The monoisotopic (exact) mass is 379 g/mol. The van der Waals surface area contributed by atoms with Crippen molar-refractivity contribution in [3.8, 4) is 5.75 Å². The summed E-state index contributed by atoms with van der Waals surface area (Å²) in [6.07, 6.45) is 0. The first-order valence-electron chi connectivity index (χ1n) is 5.33. The molecule has 0 bridgehead atoms. The Bertz CT molecular complexity index is 619. The molecule has 0 aliphatic rings. The van der Waals surface area contributed by atoms with Gasteiger partial charge in [0, 0.05) is 21.6 Å². The van der Waals surface area contributed by atoms with E-state index < -0.39 is 0 Å². The molecule has 0 aliphatic carbocycles. The van der Waals surface area contributed by atoms with Gasteiger partial charge in [0.2, 0.25) is 0 Å². The van der Waals surface area contributed by atoms with Gasteiger partial charge in [0.15, 0.2) is 0 Å². The van der Waals surface area contributed by atoms with Crippen molar-refractivity contribution in [1.29, 1.82) is 0 Å². The Morgan fingerprint density at radius 3 is 2.53 bits per heavy atom. The van der Waals surface area contributed by atoms with Crippen LogP contribution in [0.2, 0.25) is 15.1 Å². The molecule has 0 saturated carbocycles. The lowest BCUT2D eigenvalue weighted by molar-refractivity contribution is 0.469. The lowest BCUT2D eigenvalue weighted by atomic mass is 10.2. The minimum Gasteiger partial charge on any atom is -0.506 e. The van der Waals surface area contributed by atoms with Crippen molar-refractivity contribution >= 4 is 56.4 Å². The Morgan fingerprint density at radius 2 is 1.79 bits per heavy atom. The van der Waals surface area contributed by atoms with Gasteiger partial charge in [0.05, 0.1) is 15.7 Å². The fourth-order valence-electron chi connectivity index (χ4n) is 1.58. The zero-order valence-electron chi connectivity index (χ0n) is 9.55. The Labute approximate surface area is 134 Å². The summed E-state index contributed by atoms with van der Waals surface area (Å²) >= 11 is 21.2. The zero-order chi connectivity index (χ0) is 14.0. The molecule has 0 spiro atoms. The first-order valence-corrected chi connectivity index (χ1v) is 7.26. The average molecular weight is 381 g/mol. The zero-order valence-corrected chi connectivity index (χ0v) is 13.4. The van der Waals surface area contributed by atoms with Gasteiger partial charge in [0.1, 0.15) is 5.75 Å². The van der Waals surface area contributed by atoms with Crippen molar-refractivity contribution in [3.63, 3.8) is 0 Å². The normalized spacial score (nSPS) is 10.5. The maximum atomic E-state index is 9.85. The highest BCUT2D eigenvalue weighted by Crippen LogP contribution is 2.32. The van der Waals surface area contributed by atoms with Crippen molar-refractivity contribution < 1.29 is 5.11 Å². The Balaban J connectivity index is 2.21. The highest BCUT2D eigenvalue weighted by molar-refractivity contribution is 9.10. The molecular formula is C13H9BrCl3NO. The second-order valence-electron chi connectivity index (χ2n) is 3.87. The first-order chi connectivity index (χ1) is 8.97. The standard InChI is InChI=1S/C13H9BrCl3NO/c14-8-1-2-10(16)12(4-8)18-6-7-3-9(15)5-11(17)13(7)19/h1-5,18-19H,6H2. The summed E-state index contributed by atoms with van der Waals surface area (Å²) in [6.45, 7) is 0.363. The number of nitrogens with one attached hydrogen (secondary N) is 1. The van der Waals surface area contributed by atoms with Gasteiger partial charge in [-0.15, -0.1) is 0 Å². The van der Waals surface area contributed by atoms with E-state index in [0.717, 1.165) is 10.2 Å². The molecule has 0 aromatic heterocycles. The summed E-state index contributed by atoms with van der Waals surface area (Å²) in [6, 6.07) is 8.63. The maximum Gasteiger partial charge on any atom is 0.139 e. The van der Waals surface area contributed by atoms with E-state index in [4.69, 9.17) is 34.8 Å². The van der Waals surface area contributed by atoms with Crippen LogP contribution >= 0.6 is 50.7 Å². The van der Waals surface area contributed by atoms with Crippen LogP contribution in [0.5, 0.6) is 5.75 Å². The highest BCUT2D eigenvalue weighted by Gasteiger charge is 2.08. The first kappa shape index (κ1) is 14.8. The predicted octanol–water partition coefficient (Wildman–Crippen LogP) is 5.73. The SMILES string of the molecule is Oc1c(Cl)cc(Cl)cc1CNc1cc(Br)ccc1Cl. The molecular weight excluding hydrogens is 372 g/mol. The molecule has 19 heavy (non-hydrogen) atoms. The van der Waals surface area contributed by atoms with Crippen LogP contribution in [0, 0.1) is 0 Å². The minimum atomic E-state index is 0.0182. The number of anilines is 1. The number of benzene rings is 2. The van der Waals surface area contributed by atoms with Gasteiger partial charge in [-0.05, 0) is 30.3 Å². The average Bonchev–Trinajstić information content (AvgIpc) is 2.35. The molecule has 0 radical (unpaired) electrons. The van der Waals surface area contributed by atoms with Crippen molar-refractivity contribution in [2.45, 2.75) is 6.54 Å². The summed E-state index contributed by atoms with van der Waals surface area (Å²) in [5.41, 5.74) is 1.36. The van der Waals surface area contributed by atoms with E-state index in [1.807, 2.05) is 12.1 Å². The molecule has 0 fully saturated rings. The fourth-order valence-corrected chi connectivity index (χ4v) is 2.66. The number of phenols is 1. The quantitative estimate of drug-likeness (QED) is 0.712. The van der Waals surface area contributed by atoms with Crippen LogP contribution < -0.4 is 5.32 Å². The summed E-state index contributed by atoms with van der Waals surface area (Å²) in [5, 5.41) is 14.3. The third-order valence-electron chi connectivity index (χ3n) is 2.50. The summed E-state index contributed by atoms with van der Waals surface area (Å²) in [4.78, 5) is 0. The fraction of sp³-hybridized carbons (Fsp3) is 0.0769. The number of aromatic hydroxyl groups is 1. The van der Waals surface area contributed by atoms with Crippen LogP contribution in [0.25, 0.3) is 0 Å². The number of rotatable bonds is 3. The Hall–Kier alpha value is -0.610. The molecule has 2 aromatic rings. The summed E-state index contributed by atoms with van der Waals surface area (Å²) < 4.78 is 0.910. The van der Waals surface area contributed by atoms with E-state index in [1.165, 1.54) is 6.07 Å². The van der Waals surface area contributed by atoms with Crippen molar-refractivity contribution in [2.75, 3.05) is 5.32 Å². The summed E-state index contributed by atoms with van der Waals surface area (Å²) in [5.74, 6) is 0.0182. The molecule has 2 rings (SSSR count). The third-order valence-corrected chi connectivity index (χ3v) is 3.83. The highest BCUT2D eigenvalue weighted by atomic mass is 79.9. The summed E-state index contributed by atoms with van der Waals surface area (Å²) in [7, 11) is 0. The van der Waals surface area contributed by atoms with Crippen molar-refractivity contribution in [1.82, 2.24) is 0 Å². The van der Waals surface area contributed by atoms with Gasteiger partial charge < -0.3 is 10.4 Å². The van der Waals surface area contributed by atoms with E-state index in [-0.39, 0.29) is 10.8 Å². The van der Waals surface area contributed by atoms with Crippen LogP contribution in [0.4, 0.5) is 5.69 Å². The Kier molecular flexibility index (Phi) is 4.85. The molecule has 0 amide bonds. The maximum absolute atomic E-state index is 9.85. The van der Waals surface area contributed by atoms with Crippen LogP contribution in [0.1, 0.15) is 5.56 Å². The largest absolute Gasteiger partial charge is 0.506 e. The van der Waals surface area contributed by atoms with E-state index in [1.54, 1.807) is 12.1 Å². The smallest absolute Gasteiger partial charge is 0.139 e. The van der Waals surface area contributed by atoms with Gasteiger partial charge in [-0.25, -0.2) is 0 Å². The molecule has 2 nitrogen and oxygen atoms in total. The molecule has 6 heteroatoms. The molecule has 0 aliphatic heterocycles. The van der Waals surface area contributed by atoms with Gasteiger partial charge in [-0.2, -0.15) is 0 Å². The van der Waals surface area contributed by atoms with Crippen LogP contribution in [0.15, 0.2) is 34.8 Å². The second-order valence-corrected chi connectivity index (χ2v) is 6.04. The number of hydrogen-bond donors (Lipinski definition) is 2. The van der Waals surface area contributed by atoms with E-state index in [2.05, 4.69) is 21.2 Å². The lowest BCUT2D eigenvalue weighted by Gasteiger charge is -2.11. The lowest BCUT2D eigenvalue weighted by Crippen LogP contribution is -2.00. The van der Waals surface area contributed by atoms with E-state index in [9.17, 15) is 5.11 Å². The van der Waals surface area contributed by atoms with Crippen molar-refractivity contribution in [3.05, 3.63) is 55.4 Å². The van der Waals surface area contributed by atoms with Crippen LogP contribution in [-0.4, -0.2) is 5.11 Å². The van der Waals surface area contributed by atoms with E-state index >= 15 is 0 Å². The van der Waals surface area contributed by atoms with Crippen LogP contribution in [0.3, 0.4) is 0 Å². The van der Waals surface area contributed by atoms with E-state index in [0.29, 0.717) is 22.2 Å².